The molecule has 0 saturated heterocycles. The van der Waals surface area contributed by atoms with Gasteiger partial charge in [-0.05, 0) is 44.4 Å². The number of alkyl halides is 6. The summed E-state index contributed by atoms with van der Waals surface area (Å²) in [5.74, 6) is 0. The Bertz CT molecular complexity index is 1650. The van der Waals surface area contributed by atoms with E-state index in [1.165, 1.54) is 9.69 Å². The van der Waals surface area contributed by atoms with E-state index in [9.17, 15) is 4.20 Å². The summed E-state index contributed by atoms with van der Waals surface area (Å²) in [4.78, 5) is 42.8. The maximum atomic E-state index is 10.1. The Kier molecular flexibility index (Phi) is 17.6. The molecule has 0 N–H and O–H groups in total. The molecule has 0 unspecified atom stereocenters. The van der Waals surface area contributed by atoms with Gasteiger partial charge in [0.25, 0.3) is 0 Å². The molecular formula is C26H36Cl6FN12O5P. The summed E-state index contributed by atoms with van der Waals surface area (Å²) in [6, 6.07) is 8.57. The molecule has 1 aliphatic carbocycles. The highest BCUT2D eigenvalue weighted by molar-refractivity contribution is 7.42. The molecule has 0 amide bonds. The molecule has 0 aliphatic heterocycles. The molecule has 5 rings (SSSR count). The number of amidine groups is 2. The second kappa shape index (κ2) is 20.1. The number of rotatable bonds is 2. The first-order valence-electron chi connectivity index (χ1n) is 14.3. The predicted octanol–water partition coefficient (Wildman–Crippen LogP) is 1.32. The lowest BCUT2D eigenvalue weighted by molar-refractivity contribution is -0.480. The molecule has 0 atom stereocenters. The Labute approximate surface area is 323 Å². The van der Waals surface area contributed by atoms with Crippen LogP contribution in [0.3, 0.4) is 0 Å². The maximum Gasteiger partial charge on any atom is 0.472 e. The number of halogens is 7. The summed E-state index contributed by atoms with van der Waals surface area (Å²) >= 11 is 35.3. The third-order valence-corrected chi connectivity index (χ3v) is 10.1. The van der Waals surface area contributed by atoms with E-state index in [4.69, 9.17) is 93.6 Å². The summed E-state index contributed by atoms with van der Waals surface area (Å²) < 4.78 is 22.3. The average molecular weight is 859 g/mol. The zero-order valence-electron chi connectivity index (χ0n) is 28.4. The molecular weight excluding hydrogens is 823 g/mol. The highest BCUT2D eigenvalue weighted by atomic mass is 35.5. The third kappa shape index (κ3) is 13.4. The van der Waals surface area contributed by atoms with Crippen molar-refractivity contribution in [3.05, 3.63) is 36.7 Å². The molecule has 1 fully saturated rings. The number of hydrogen-bond donors (Lipinski definition) is 0. The fourth-order valence-corrected chi connectivity index (χ4v) is 6.28. The minimum atomic E-state index is -5.64. The lowest BCUT2D eigenvalue weighted by Crippen LogP contribution is -2.52. The van der Waals surface area contributed by atoms with Gasteiger partial charge in [-0.25, -0.2) is 33.1 Å². The molecule has 1 saturated carbocycles. The van der Waals surface area contributed by atoms with Crippen LogP contribution in [0.5, 0.6) is 0 Å². The fourth-order valence-electron chi connectivity index (χ4n) is 3.95. The van der Waals surface area contributed by atoms with E-state index in [1.807, 2.05) is 99.6 Å². The summed E-state index contributed by atoms with van der Waals surface area (Å²) in [6.07, 6.45) is 3.35. The first-order chi connectivity index (χ1) is 23.6. The minimum absolute atomic E-state index is 0.437. The topological polar surface area (TPSA) is 181 Å². The molecule has 1 aliphatic rings. The van der Waals surface area contributed by atoms with Gasteiger partial charge in [0.15, 0.2) is 0 Å². The normalized spacial score (nSPS) is 21.1. The van der Waals surface area contributed by atoms with Crippen molar-refractivity contribution in [2.24, 2.45) is 0 Å². The van der Waals surface area contributed by atoms with Crippen LogP contribution in [0.4, 0.5) is 4.20 Å². The summed E-state index contributed by atoms with van der Waals surface area (Å²) in [6.45, 7) is 0. The van der Waals surface area contributed by atoms with Crippen LogP contribution in [-0.4, -0.2) is 160 Å². The van der Waals surface area contributed by atoms with Crippen molar-refractivity contribution in [2.75, 3.05) is 56.4 Å². The van der Waals surface area contributed by atoms with Crippen molar-refractivity contribution < 1.29 is 37.4 Å². The highest BCUT2D eigenvalue weighted by Crippen LogP contribution is 2.39. The molecule has 0 radical (unpaired) electrons. The van der Waals surface area contributed by atoms with Gasteiger partial charge in [0, 0.05) is 12.4 Å². The Hall–Kier alpha value is -2.54. The van der Waals surface area contributed by atoms with Gasteiger partial charge in [-0.3, -0.25) is 9.68 Å². The van der Waals surface area contributed by atoms with E-state index < -0.39 is 40.2 Å². The second-order valence-corrected chi connectivity index (χ2v) is 14.9. The minimum Gasteiger partial charge on any atom is -0.786 e. The van der Waals surface area contributed by atoms with Crippen LogP contribution in [0.1, 0.15) is 0 Å². The van der Waals surface area contributed by atoms with Crippen LogP contribution >= 0.6 is 77.5 Å². The summed E-state index contributed by atoms with van der Waals surface area (Å²) in [5, 5.41) is 13.1. The van der Waals surface area contributed by atoms with Gasteiger partial charge in [-0.2, -0.15) is 0 Å². The number of hydrogen-bond acceptors (Lipinski definition) is 11. The van der Waals surface area contributed by atoms with E-state index in [2.05, 4.69) is 30.6 Å². The molecule has 0 spiro atoms. The molecule has 4 heterocycles. The van der Waals surface area contributed by atoms with Crippen molar-refractivity contribution in [3.8, 4) is 0 Å². The molecule has 284 valence electrons. The quantitative estimate of drug-likeness (QED) is 0.0927. The number of fused-ring (bicyclic) bond motifs is 2. The smallest absolute Gasteiger partial charge is 0.472 e. The van der Waals surface area contributed by atoms with E-state index in [1.54, 1.807) is 12.4 Å². The first-order valence-corrected chi connectivity index (χ1v) is 18.4. The van der Waals surface area contributed by atoms with Crippen molar-refractivity contribution >= 4 is 112 Å². The SMILES string of the molecule is CN(C)C(On1nnc2cccnc21)=[N+](C)C.CN(C)C(On1nnc2cccnc21)=[N+](C)C.ClC1C(Cl)C(Cl)C(Cl)C(Cl)C1Cl.O=P([O-])([O-])F. The van der Waals surface area contributed by atoms with Gasteiger partial charge in [0.2, 0.25) is 11.3 Å². The lowest BCUT2D eigenvalue weighted by atomic mass is 9.97. The van der Waals surface area contributed by atoms with Gasteiger partial charge < -0.3 is 14.4 Å². The third-order valence-electron chi connectivity index (χ3n) is 6.05. The number of nitrogens with zero attached hydrogens (tertiary/aromatic N) is 12. The zero-order chi connectivity index (χ0) is 38.8. The van der Waals surface area contributed by atoms with E-state index in [0.29, 0.717) is 34.4 Å². The van der Waals surface area contributed by atoms with Crippen molar-refractivity contribution in [1.82, 2.24) is 50.1 Å². The van der Waals surface area contributed by atoms with Gasteiger partial charge in [-0.1, -0.05) is 0 Å². The molecule has 25 heteroatoms. The number of pyridine rings is 2. The molecule has 51 heavy (non-hydrogen) atoms. The van der Waals surface area contributed by atoms with Crippen LogP contribution in [0.15, 0.2) is 36.7 Å². The Balaban J connectivity index is 0.000000252. The van der Waals surface area contributed by atoms with E-state index >= 15 is 0 Å². The summed E-state index contributed by atoms with van der Waals surface area (Å²) in [5.41, 5.74) is 2.58. The molecule has 17 nitrogen and oxygen atoms in total. The van der Waals surface area contributed by atoms with Crippen LogP contribution < -0.4 is 19.5 Å². The van der Waals surface area contributed by atoms with E-state index in [-0.39, 0.29) is 0 Å². The Morgan fingerprint density at radius 1 is 0.706 bits per heavy atom. The summed E-state index contributed by atoms with van der Waals surface area (Å²) in [7, 11) is 9.49. The monoisotopic (exact) mass is 856 g/mol. The van der Waals surface area contributed by atoms with Gasteiger partial charge in [0.1, 0.15) is 18.9 Å². The Morgan fingerprint density at radius 2 is 0.980 bits per heavy atom. The molecule has 4 aromatic heterocycles. The van der Waals surface area contributed by atoms with Gasteiger partial charge >= 0.3 is 12.0 Å². The molecule has 4 aromatic rings. The fraction of sp³-hybridized carbons (Fsp3) is 0.538. The Morgan fingerprint density at radius 3 is 1.22 bits per heavy atom. The first kappa shape index (κ1) is 44.6. The van der Waals surface area contributed by atoms with Gasteiger partial charge in [-0.15, -0.1) is 79.8 Å². The largest absolute Gasteiger partial charge is 0.786 e. The standard InChI is InChI=1S/2C10H15N6O.C6H6Cl6.FH2O3P/c2*1-14(2)10(15(3)4)17-16-9-8(12-13-16)6-5-7-11-9;7-1-2(8)4(10)6(12)5(11)3(1)9;1-5(2,3)4/h2*5-7H,1-4H3;1-6H;(H2,2,3,4)/q2*+1;;/p-2. The molecule has 0 bridgehead atoms. The molecule has 0 aromatic carbocycles. The zero-order valence-corrected chi connectivity index (χ0v) is 33.9. The second-order valence-electron chi connectivity index (χ2n) is 11.0. The average Bonchev–Trinajstić information content (AvgIpc) is 3.66. The lowest BCUT2D eigenvalue weighted by Gasteiger charge is -2.37. The number of aromatic nitrogens is 8. The highest BCUT2D eigenvalue weighted by Gasteiger charge is 2.47. The van der Waals surface area contributed by atoms with Crippen molar-refractivity contribution in [3.63, 3.8) is 0 Å². The van der Waals surface area contributed by atoms with Crippen molar-refractivity contribution in [1.29, 1.82) is 0 Å². The van der Waals surface area contributed by atoms with Crippen molar-refractivity contribution in [2.45, 2.75) is 32.3 Å². The van der Waals surface area contributed by atoms with Crippen LogP contribution in [0.2, 0.25) is 0 Å². The van der Waals surface area contributed by atoms with Gasteiger partial charge in [0.05, 0.1) is 88.6 Å². The van der Waals surface area contributed by atoms with E-state index in [0.717, 1.165) is 0 Å². The maximum absolute atomic E-state index is 10.1. The van der Waals surface area contributed by atoms with Crippen LogP contribution in [-0.2, 0) is 4.57 Å². The van der Waals surface area contributed by atoms with Crippen LogP contribution in [0, 0.1) is 0 Å². The predicted molar refractivity (Wildman–Crippen MR) is 192 cm³/mol. The van der Waals surface area contributed by atoms with Crippen LogP contribution in [0.25, 0.3) is 22.3 Å².